The van der Waals surface area contributed by atoms with Gasteiger partial charge < -0.3 is 5.32 Å². The van der Waals surface area contributed by atoms with Crippen LogP contribution in [-0.2, 0) is 6.54 Å². The summed E-state index contributed by atoms with van der Waals surface area (Å²) in [4.78, 5) is 10.4. The van der Waals surface area contributed by atoms with E-state index < -0.39 is 0 Å². The Labute approximate surface area is 119 Å². The van der Waals surface area contributed by atoms with Crippen molar-refractivity contribution in [2.75, 3.05) is 7.05 Å². The van der Waals surface area contributed by atoms with Gasteiger partial charge in [0.1, 0.15) is 5.01 Å². The first-order valence-electron chi connectivity index (χ1n) is 6.03. The van der Waals surface area contributed by atoms with Crippen LogP contribution in [0.5, 0.6) is 0 Å². The van der Waals surface area contributed by atoms with Crippen LogP contribution in [0.25, 0.3) is 10.6 Å². The topological polar surface area (TPSA) is 37.8 Å². The number of hydrogen-bond acceptors (Lipinski definition) is 4. The summed E-state index contributed by atoms with van der Waals surface area (Å²) in [6, 6.07) is 2.08. The molecular formula is C13H14BrN3S. The van der Waals surface area contributed by atoms with Crippen LogP contribution < -0.4 is 5.32 Å². The predicted octanol–water partition coefficient (Wildman–Crippen LogP) is 3.56. The number of nitrogens with zero attached hydrogens (tertiary/aromatic N) is 2. The van der Waals surface area contributed by atoms with Crippen molar-refractivity contribution in [1.29, 1.82) is 0 Å². The Morgan fingerprint density at radius 3 is 2.94 bits per heavy atom. The first-order valence-corrected chi connectivity index (χ1v) is 7.64. The van der Waals surface area contributed by atoms with Crippen LogP contribution in [0.4, 0.5) is 0 Å². The second kappa shape index (κ2) is 5.07. The van der Waals surface area contributed by atoms with Gasteiger partial charge in [-0.15, -0.1) is 11.3 Å². The fraction of sp³-hybridized carbons (Fsp3) is 0.385. The molecule has 1 aliphatic rings. The number of rotatable bonds is 4. The van der Waals surface area contributed by atoms with Crippen LogP contribution in [0, 0.1) is 0 Å². The summed E-state index contributed by atoms with van der Waals surface area (Å²) in [5.41, 5.74) is 2.39. The van der Waals surface area contributed by atoms with Gasteiger partial charge in [-0.1, -0.05) is 0 Å². The van der Waals surface area contributed by atoms with Crippen molar-refractivity contribution in [2.45, 2.75) is 25.3 Å². The van der Waals surface area contributed by atoms with E-state index in [-0.39, 0.29) is 0 Å². The summed E-state index contributed by atoms with van der Waals surface area (Å²) in [6.07, 6.45) is 6.25. The molecule has 0 unspecified atom stereocenters. The number of thiazole rings is 1. The van der Waals surface area contributed by atoms with Crippen LogP contribution in [0.15, 0.2) is 22.9 Å². The molecule has 0 atom stereocenters. The summed E-state index contributed by atoms with van der Waals surface area (Å²) in [5, 5.41) is 4.31. The van der Waals surface area contributed by atoms with E-state index >= 15 is 0 Å². The Morgan fingerprint density at radius 2 is 2.28 bits per heavy atom. The van der Waals surface area contributed by atoms with Gasteiger partial charge in [-0.05, 0) is 41.9 Å². The fourth-order valence-corrected chi connectivity index (χ4v) is 3.48. The van der Waals surface area contributed by atoms with Gasteiger partial charge in [-0.3, -0.25) is 4.98 Å². The number of hydrogen-bond donors (Lipinski definition) is 1. The second-order valence-electron chi connectivity index (χ2n) is 4.52. The molecule has 0 aromatic carbocycles. The Bertz CT molecular complexity index is 563. The molecule has 0 spiro atoms. The molecule has 3 nitrogen and oxygen atoms in total. The monoisotopic (exact) mass is 323 g/mol. The average Bonchev–Trinajstić information content (AvgIpc) is 3.12. The maximum absolute atomic E-state index is 4.82. The van der Waals surface area contributed by atoms with Crippen LogP contribution in [-0.4, -0.2) is 17.0 Å². The Morgan fingerprint density at radius 1 is 1.44 bits per heavy atom. The Kier molecular flexibility index (Phi) is 3.46. The van der Waals surface area contributed by atoms with Gasteiger partial charge in [0.05, 0.1) is 5.69 Å². The van der Waals surface area contributed by atoms with E-state index in [9.17, 15) is 0 Å². The Hall–Kier alpha value is -0.780. The maximum Gasteiger partial charge on any atom is 0.125 e. The summed E-state index contributed by atoms with van der Waals surface area (Å²) in [6.45, 7) is 0.908. The third-order valence-electron chi connectivity index (χ3n) is 2.98. The first kappa shape index (κ1) is 12.3. The van der Waals surface area contributed by atoms with Crippen molar-refractivity contribution in [3.05, 3.63) is 33.5 Å². The first-order chi connectivity index (χ1) is 8.78. The molecule has 3 rings (SSSR count). The van der Waals surface area contributed by atoms with Crippen molar-refractivity contribution in [1.82, 2.24) is 15.3 Å². The van der Waals surface area contributed by atoms with Crippen LogP contribution in [0.1, 0.15) is 29.3 Å². The van der Waals surface area contributed by atoms with Gasteiger partial charge in [-0.25, -0.2) is 4.98 Å². The van der Waals surface area contributed by atoms with Gasteiger partial charge in [-0.2, -0.15) is 0 Å². The van der Waals surface area contributed by atoms with Crippen molar-refractivity contribution in [3.8, 4) is 10.6 Å². The molecule has 94 valence electrons. The van der Waals surface area contributed by atoms with Gasteiger partial charge in [0.25, 0.3) is 0 Å². The van der Waals surface area contributed by atoms with E-state index in [1.54, 1.807) is 17.5 Å². The molecule has 2 heterocycles. The van der Waals surface area contributed by atoms with Crippen LogP contribution >= 0.6 is 27.3 Å². The lowest BCUT2D eigenvalue weighted by Crippen LogP contribution is -2.05. The lowest BCUT2D eigenvalue weighted by Gasteiger charge is -1.97. The summed E-state index contributed by atoms with van der Waals surface area (Å²) in [7, 11) is 1.98. The highest BCUT2D eigenvalue weighted by Crippen LogP contribution is 2.44. The normalized spacial score (nSPS) is 15.0. The van der Waals surface area contributed by atoms with Crippen molar-refractivity contribution in [2.24, 2.45) is 0 Å². The van der Waals surface area contributed by atoms with Gasteiger partial charge in [0.15, 0.2) is 0 Å². The summed E-state index contributed by atoms with van der Waals surface area (Å²) >= 11 is 5.24. The Balaban J connectivity index is 1.99. The molecule has 1 N–H and O–H groups in total. The molecule has 0 aliphatic heterocycles. The molecule has 1 fully saturated rings. The molecule has 5 heteroatoms. The zero-order valence-electron chi connectivity index (χ0n) is 10.1. The molecule has 1 saturated carbocycles. The highest BCUT2D eigenvalue weighted by atomic mass is 79.9. The predicted molar refractivity (Wildman–Crippen MR) is 77.8 cm³/mol. The second-order valence-corrected chi connectivity index (χ2v) is 6.52. The molecule has 2 aromatic rings. The third kappa shape index (κ3) is 2.48. The maximum atomic E-state index is 4.82. The van der Waals surface area contributed by atoms with Crippen molar-refractivity contribution < 1.29 is 0 Å². The highest BCUT2D eigenvalue weighted by molar-refractivity contribution is 9.10. The van der Waals surface area contributed by atoms with E-state index in [0.29, 0.717) is 5.92 Å². The molecule has 0 saturated heterocycles. The van der Waals surface area contributed by atoms with Crippen molar-refractivity contribution in [3.63, 3.8) is 0 Å². The van der Waals surface area contributed by atoms with Gasteiger partial charge in [0, 0.05) is 39.8 Å². The number of nitrogens with one attached hydrogen (secondary N) is 1. The highest BCUT2D eigenvalue weighted by Gasteiger charge is 2.29. The fourth-order valence-electron chi connectivity index (χ4n) is 1.98. The van der Waals surface area contributed by atoms with E-state index in [2.05, 4.69) is 32.3 Å². The standard InChI is InChI=1S/C13H14BrN3S/c1-15-7-11-12(8-2-3-8)17-13(18-11)9-4-10(14)6-16-5-9/h4-6,8,15H,2-3,7H2,1H3. The smallest absolute Gasteiger partial charge is 0.125 e. The zero-order chi connectivity index (χ0) is 12.5. The third-order valence-corrected chi connectivity index (χ3v) is 4.53. The number of aromatic nitrogens is 2. The molecule has 18 heavy (non-hydrogen) atoms. The van der Waals surface area contributed by atoms with E-state index in [1.165, 1.54) is 23.4 Å². The lowest BCUT2D eigenvalue weighted by atomic mass is 10.2. The number of halogens is 1. The van der Waals surface area contributed by atoms with E-state index in [0.717, 1.165) is 21.6 Å². The molecule has 0 radical (unpaired) electrons. The van der Waals surface area contributed by atoms with Gasteiger partial charge in [0.2, 0.25) is 0 Å². The molecule has 2 aromatic heterocycles. The minimum Gasteiger partial charge on any atom is -0.315 e. The molecule has 0 amide bonds. The lowest BCUT2D eigenvalue weighted by molar-refractivity contribution is 0.813. The molecular weight excluding hydrogens is 310 g/mol. The van der Waals surface area contributed by atoms with E-state index in [1.807, 2.05) is 13.2 Å². The SMILES string of the molecule is CNCc1sc(-c2cncc(Br)c2)nc1C1CC1. The van der Waals surface area contributed by atoms with Crippen LogP contribution in [0.3, 0.4) is 0 Å². The van der Waals surface area contributed by atoms with Gasteiger partial charge >= 0.3 is 0 Å². The van der Waals surface area contributed by atoms with Crippen LogP contribution in [0.2, 0.25) is 0 Å². The zero-order valence-corrected chi connectivity index (χ0v) is 12.5. The number of pyridine rings is 1. The largest absolute Gasteiger partial charge is 0.315 e. The van der Waals surface area contributed by atoms with Crippen molar-refractivity contribution >= 4 is 27.3 Å². The minimum absolute atomic E-state index is 0.693. The minimum atomic E-state index is 0.693. The molecule has 1 aliphatic carbocycles. The average molecular weight is 324 g/mol. The quantitative estimate of drug-likeness (QED) is 0.934. The summed E-state index contributed by atoms with van der Waals surface area (Å²) in [5.74, 6) is 0.693. The summed E-state index contributed by atoms with van der Waals surface area (Å²) < 4.78 is 0.998. The molecule has 0 bridgehead atoms. The van der Waals surface area contributed by atoms with E-state index in [4.69, 9.17) is 4.98 Å².